The molecule has 0 aliphatic heterocycles. The summed E-state index contributed by atoms with van der Waals surface area (Å²) in [6.45, 7) is 0. The maximum absolute atomic E-state index is 14.2. The maximum atomic E-state index is 14.2. The summed E-state index contributed by atoms with van der Waals surface area (Å²) in [5, 5.41) is 45.7. The van der Waals surface area contributed by atoms with Crippen LogP contribution < -0.4 is 15.4 Å². The quantitative estimate of drug-likeness (QED) is 0.338. The number of aromatic hydroxyl groups is 1. The lowest BCUT2D eigenvalue weighted by atomic mass is 9.58. The summed E-state index contributed by atoms with van der Waals surface area (Å²) in [7, 11) is 8.35. The molecule has 41 heavy (non-hydrogen) atoms. The lowest BCUT2D eigenvalue weighted by Gasteiger charge is -2.50. The minimum atomic E-state index is -2.68. The Bertz CT molecular complexity index is 1560. The fourth-order valence-corrected chi connectivity index (χ4v) is 6.69. The minimum absolute atomic E-state index is 0.0274. The number of aliphatic hydroxyl groups excluding tert-OH is 2. The third-order valence-corrected chi connectivity index (χ3v) is 8.58. The number of anilines is 1. The van der Waals surface area contributed by atoms with Gasteiger partial charge in [0.1, 0.15) is 28.6 Å². The molecule has 3 aliphatic carbocycles. The van der Waals surface area contributed by atoms with Gasteiger partial charge in [0.2, 0.25) is 5.78 Å². The highest BCUT2D eigenvalue weighted by atomic mass is 16.5. The number of methoxy groups -OCH3 is 1. The van der Waals surface area contributed by atoms with Crippen LogP contribution in [0.25, 0.3) is 11.1 Å². The molecule has 2 aromatic carbocycles. The summed E-state index contributed by atoms with van der Waals surface area (Å²) in [6, 6.07) is 7.68. The van der Waals surface area contributed by atoms with Crippen molar-refractivity contribution >= 4 is 23.2 Å². The number of hydrogen-bond donors (Lipinski definition) is 5. The zero-order valence-electron chi connectivity index (χ0n) is 23.4. The van der Waals surface area contributed by atoms with Crippen molar-refractivity contribution < 1.29 is 39.5 Å². The number of phenolic OH excluding ortho intramolecular Hbond substituents is 1. The van der Waals surface area contributed by atoms with Crippen LogP contribution in [0.15, 0.2) is 53.0 Å². The van der Waals surface area contributed by atoms with Crippen LogP contribution in [0.3, 0.4) is 0 Å². The second kappa shape index (κ2) is 9.64. The molecule has 0 saturated carbocycles. The van der Waals surface area contributed by atoms with Gasteiger partial charge >= 0.3 is 0 Å². The van der Waals surface area contributed by atoms with Gasteiger partial charge in [0.15, 0.2) is 11.4 Å². The molecule has 0 fully saturated rings. The first-order valence-electron chi connectivity index (χ1n) is 13.1. The number of carbonyl (C=O) groups excluding carboxylic acids is 3. The molecule has 216 valence electrons. The van der Waals surface area contributed by atoms with E-state index in [4.69, 9.17) is 10.5 Å². The summed E-state index contributed by atoms with van der Waals surface area (Å²) in [4.78, 5) is 43.2. The van der Waals surface area contributed by atoms with Crippen molar-refractivity contribution in [1.82, 2.24) is 4.90 Å². The molecule has 0 saturated heterocycles. The number of ketones is 2. The number of nitrogens with two attached hydrogens (primary N) is 1. The molecule has 0 aromatic heterocycles. The average Bonchev–Trinajstić information content (AvgIpc) is 2.90. The first-order chi connectivity index (χ1) is 19.2. The van der Waals surface area contributed by atoms with E-state index < -0.39 is 58.0 Å². The smallest absolute Gasteiger partial charge is 0.255 e. The SMILES string of the molecule is COc1ccc(-c2cc(N(C)C)c3c(c2O)C(=O)C2=C(O)[C@]4(O)C(=O)C(C(N)=O)=C(O)[C@@H](N(C)C)[C@@H]4C[C@@H]2C3)cc1. The van der Waals surface area contributed by atoms with Crippen molar-refractivity contribution in [2.75, 3.05) is 40.2 Å². The molecule has 2 aromatic rings. The maximum Gasteiger partial charge on any atom is 0.255 e. The van der Waals surface area contributed by atoms with E-state index in [9.17, 15) is 34.8 Å². The molecule has 0 radical (unpaired) electrons. The molecule has 6 N–H and O–H groups in total. The molecule has 0 spiro atoms. The summed E-state index contributed by atoms with van der Waals surface area (Å²) in [5.41, 5.74) is 3.87. The Hall–Kier alpha value is -4.35. The van der Waals surface area contributed by atoms with E-state index in [0.29, 0.717) is 28.1 Å². The van der Waals surface area contributed by atoms with E-state index in [1.165, 1.54) is 12.0 Å². The van der Waals surface area contributed by atoms with E-state index in [0.717, 1.165) is 0 Å². The number of hydrogen-bond acceptors (Lipinski definition) is 10. The number of primary amides is 1. The van der Waals surface area contributed by atoms with Gasteiger partial charge in [-0.05, 0) is 62.2 Å². The molecule has 11 heteroatoms. The number of fused-ring (bicyclic) bond motifs is 3. The Balaban J connectivity index is 1.74. The Morgan fingerprint density at radius 3 is 2.24 bits per heavy atom. The number of Topliss-reactive ketones (excluding diaryl/α,β-unsaturated/α-hetero) is 2. The van der Waals surface area contributed by atoms with E-state index in [2.05, 4.69) is 0 Å². The summed E-state index contributed by atoms with van der Waals surface area (Å²) in [5.74, 6) is -6.16. The predicted molar refractivity (Wildman–Crippen MR) is 150 cm³/mol. The van der Waals surface area contributed by atoms with E-state index in [1.807, 2.05) is 19.0 Å². The topological polar surface area (TPSA) is 174 Å². The standard InChI is InChI=1S/C30H33N3O8/c1-32(2)19-12-16(13-6-8-15(41-5)9-7-13)24(34)21-17(19)10-14-11-18-23(33(3)4)26(36)22(29(31)39)28(38)30(18,40)27(37)20(14)25(21)35/h6-9,12,14,18,23,34,36-37,40H,10-11H2,1-5H3,(H2,31,39)/t14-,18-,23-,30-/m0/s1. The number of rotatable bonds is 5. The second-order valence-electron chi connectivity index (χ2n) is 11.2. The largest absolute Gasteiger partial charge is 0.510 e. The highest BCUT2D eigenvalue weighted by molar-refractivity contribution is 6.25. The minimum Gasteiger partial charge on any atom is -0.510 e. The van der Waals surface area contributed by atoms with E-state index >= 15 is 0 Å². The van der Waals surface area contributed by atoms with E-state index in [-0.39, 0.29) is 29.7 Å². The van der Waals surface area contributed by atoms with Crippen LogP contribution in [0, 0.1) is 11.8 Å². The van der Waals surface area contributed by atoms with Crippen molar-refractivity contribution in [2.45, 2.75) is 24.5 Å². The van der Waals surface area contributed by atoms with Crippen LogP contribution in [0.4, 0.5) is 5.69 Å². The third-order valence-electron chi connectivity index (χ3n) is 8.58. The molecular weight excluding hydrogens is 530 g/mol. The van der Waals surface area contributed by atoms with Crippen LogP contribution >= 0.6 is 0 Å². The third kappa shape index (κ3) is 3.91. The van der Waals surface area contributed by atoms with E-state index in [1.54, 1.807) is 44.4 Å². The zero-order valence-corrected chi connectivity index (χ0v) is 23.4. The summed E-state index contributed by atoms with van der Waals surface area (Å²) in [6.07, 6.45) is 0.234. The highest BCUT2D eigenvalue weighted by Crippen LogP contribution is 2.54. The number of allylic oxidation sites excluding steroid dienone is 1. The number of phenols is 1. The van der Waals surface area contributed by atoms with Crippen LogP contribution in [0.2, 0.25) is 0 Å². The molecule has 5 rings (SSSR count). The number of amides is 1. The number of nitrogens with zero attached hydrogens (tertiary/aromatic N) is 2. The molecule has 0 bridgehead atoms. The number of benzene rings is 2. The first-order valence-corrected chi connectivity index (χ1v) is 13.1. The average molecular weight is 564 g/mol. The van der Waals surface area contributed by atoms with Crippen LogP contribution in [0.1, 0.15) is 22.3 Å². The van der Waals surface area contributed by atoms with Crippen LogP contribution in [-0.2, 0) is 16.0 Å². The Labute approximate surface area is 236 Å². The highest BCUT2D eigenvalue weighted by Gasteiger charge is 2.63. The van der Waals surface area contributed by atoms with Gasteiger partial charge in [-0.1, -0.05) is 12.1 Å². The molecule has 0 unspecified atom stereocenters. The van der Waals surface area contributed by atoms with Gasteiger partial charge in [0.05, 0.1) is 18.7 Å². The summed E-state index contributed by atoms with van der Waals surface area (Å²) >= 11 is 0. The lowest BCUT2D eigenvalue weighted by molar-refractivity contribution is -0.148. The normalized spacial score (nSPS) is 25.6. The van der Waals surface area contributed by atoms with Gasteiger partial charge in [0, 0.05) is 36.8 Å². The predicted octanol–water partition coefficient (Wildman–Crippen LogP) is 1.86. The van der Waals surface area contributed by atoms with Crippen molar-refractivity contribution in [3.8, 4) is 22.6 Å². The lowest BCUT2D eigenvalue weighted by Crippen LogP contribution is -2.63. The molecule has 11 nitrogen and oxygen atoms in total. The molecule has 0 heterocycles. The second-order valence-corrected chi connectivity index (χ2v) is 11.2. The van der Waals surface area contributed by atoms with Crippen LogP contribution in [-0.4, -0.2) is 89.7 Å². The monoisotopic (exact) mass is 563 g/mol. The van der Waals surface area contributed by atoms with Gasteiger partial charge in [-0.3, -0.25) is 19.3 Å². The Morgan fingerprint density at radius 2 is 1.71 bits per heavy atom. The first kappa shape index (κ1) is 28.2. The number of aliphatic hydroxyl groups is 3. The number of likely N-dealkylation sites (N-methyl/N-ethyl adjacent to an activating group) is 1. The molecular formula is C30H33N3O8. The van der Waals surface area contributed by atoms with Gasteiger partial charge in [-0.25, -0.2) is 0 Å². The van der Waals surface area contributed by atoms with Gasteiger partial charge in [-0.2, -0.15) is 0 Å². The Morgan fingerprint density at radius 1 is 1.07 bits per heavy atom. The van der Waals surface area contributed by atoms with Crippen molar-refractivity contribution in [2.24, 2.45) is 17.6 Å². The molecule has 1 amide bonds. The summed E-state index contributed by atoms with van der Waals surface area (Å²) < 4.78 is 5.23. The molecule has 3 aliphatic rings. The number of ether oxygens (including phenoxy) is 1. The van der Waals surface area contributed by atoms with Crippen molar-refractivity contribution in [3.05, 3.63) is 64.1 Å². The van der Waals surface area contributed by atoms with Crippen LogP contribution in [0.5, 0.6) is 11.5 Å². The fourth-order valence-electron chi connectivity index (χ4n) is 6.69. The zero-order chi connectivity index (χ0) is 30.1. The Kier molecular flexibility index (Phi) is 6.62. The van der Waals surface area contributed by atoms with Crippen molar-refractivity contribution in [3.63, 3.8) is 0 Å². The van der Waals surface area contributed by atoms with Crippen molar-refractivity contribution in [1.29, 1.82) is 0 Å². The van der Waals surface area contributed by atoms with Gasteiger partial charge in [-0.15, -0.1) is 0 Å². The van der Waals surface area contributed by atoms with Gasteiger partial charge in [0.25, 0.3) is 5.91 Å². The molecule has 4 atom stereocenters. The van der Waals surface area contributed by atoms with Gasteiger partial charge < -0.3 is 35.8 Å². The fraction of sp³-hybridized carbons (Fsp3) is 0.367. The number of carbonyl (C=O) groups is 3.